The van der Waals surface area contributed by atoms with E-state index in [1.807, 2.05) is 0 Å². The molecule has 4 nitrogen and oxygen atoms in total. The lowest BCUT2D eigenvalue weighted by Crippen LogP contribution is -2.34. The molecule has 1 aliphatic rings. The summed E-state index contributed by atoms with van der Waals surface area (Å²) in [5.74, 6) is -0.955. The first-order chi connectivity index (χ1) is 6.20. The van der Waals surface area contributed by atoms with E-state index in [2.05, 4.69) is 5.32 Å². The molecule has 0 amide bonds. The minimum Gasteiger partial charge on any atom is -0.504 e. The predicted molar refractivity (Wildman–Crippen MR) is 46.8 cm³/mol. The van der Waals surface area contributed by atoms with E-state index in [0.29, 0.717) is 5.56 Å². The van der Waals surface area contributed by atoms with Crippen LogP contribution in [0.15, 0.2) is 12.1 Å². The van der Waals surface area contributed by atoms with Crippen molar-refractivity contribution in [3.63, 3.8) is 0 Å². The molecule has 13 heavy (non-hydrogen) atoms. The fourth-order valence-electron chi connectivity index (χ4n) is 1.42. The Hall–Kier alpha value is -1.42. The molecule has 0 aromatic heterocycles. The number of phenolic OH excluding ortho intramolecular Hbond substituents is 3. The summed E-state index contributed by atoms with van der Waals surface area (Å²) < 4.78 is 0. The Morgan fingerprint density at radius 3 is 2.38 bits per heavy atom. The van der Waals surface area contributed by atoms with Crippen LogP contribution in [0.2, 0.25) is 0 Å². The number of hydrogen-bond acceptors (Lipinski definition) is 4. The van der Waals surface area contributed by atoms with Gasteiger partial charge in [-0.25, -0.2) is 0 Å². The first-order valence-corrected chi connectivity index (χ1v) is 4.17. The predicted octanol–water partition coefficient (Wildman–Crippen LogP) is 0.838. The van der Waals surface area contributed by atoms with Crippen molar-refractivity contribution in [2.75, 3.05) is 6.54 Å². The van der Waals surface area contributed by atoms with Gasteiger partial charge in [0.15, 0.2) is 11.5 Å². The molecule has 0 spiro atoms. The molecule has 1 aromatic carbocycles. The number of aromatic hydroxyl groups is 3. The summed E-state index contributed by atoms with van der Waals surface area (Å²) in [6.07, 6.45) is 0.942. The van der Waals surface area contributed by atoms with Crippen LogP contribution in [0.5, 0.6) is 17.2 Å². The van der Waals surface area contributed by atoms with Crippen molar-refractivity contribution in [3.05, 3.63) is 17.7 Å². The topological polar surface area (TPSA) is 72.7 Å². The second kappa shape index (κ2) is 2.81. The lowest BCUT2D eigenvalue weighted by Gasteiger charge is -2.28. The molecule has 1 aromatic rings. The summed E-state index contributed by atoms with van der Waals surface area (Å²) >= 11 is 0. The third-order valence-electron chi connectivity index (χ3n) is 2.36. The first kappa shape index (κ1) is 8.19. The minimum absolute atomic E-state index is 0.103. The Morgan fingerprint density at radius 2 is 1.85 bits per heavy atom. The lowest BCUT2D eigenvalue weighted by molar-refractivity contribution is 0.338. The smallest absolute Gasteiger partial charge is 0.200 e. The normalized spacial score (nSPS) is 21.1. The minimum atomic E-state index is -0.439. The average molecular weight is 181 g/mol. The third kappa shape index (κ3) is 1.19. The Morgan fingerprint density at radius 1 is 1.15 bits per heavy atom. The molecule has 70 valence electrons. The molecule has 0 saturated carbocycles. The van der Waals surface area contributed by atoms with E-state index in [9.17, 15) is 10.2 Å². The van der Waals surface area contributed by atoms with Gasteiger partial charge in [0, 0.05) is 11.6 Å². The van der Waals surface area contributed by atoms with E-state index < -0.39 is 5.75 Å². The highest BCUT2D eigenvalue weighted by molar-refractivity contribution is 5.54. The number of nitrogens with one attached hydrogen (secondary N) is 1. The van der Waals surface area contributed by atoms with Crippen LogP contribution in [0.25, 0.3) is 0 Å². The molecule has 4 N–H and O–H groups in total. The molecule has 1 fully saturated rings. The maximum atomic E-state index is 9.46. The van der Waals surface area contributed by atoms with E-state index >= 15 is 0 Å². The standard InChI is InChI=1S/C9H11NO3/c11-7-2-1-5(6-3-4-10-6)8(12)9(7)13/h1-2,6,10-13H,3-4H2/t6-/m0/s1. The molecule has 0 unspecified atom stereocenters. The Kier molecular flexibility index (Phi) is 1.77. The highest BCUT2D eigenvalue weighted by Gasteiger charge is 2.23. The summed E-state index contributed by atoms with van der Waals surface area (Å²) in [7, 11) is 0. The average Bonchev–Trinajstić information content (AvgIpc) is 2.03. The van der Waals surface area contributed by atoms with Gasteiger partial charge in [0.05, 0.1) is 0 Å². The number of rotatable bonds is 1. The van der Waals surface area contributed by atoms with Crippen LogP contribution in [0.3, 0.4) is 0 Å². The van der Waals surface area contributed by atoms with Crippen molar-refractivity contribution in [2.24, 2.45) is 0 Å². The van der Waals surface area contributed by atoms with Gasteiger partial charge in [-0.3, -0.25) is 0 Å². The fourth-order valence-corrected chi connectivity index (χ4v) is 1.42. The van der Waals surface area contributed by atoms with E-state index in [1.54, 1.807) is 6.07 Å². The summed E-state index contributed by atoms with van der Waals surface area (Å²) in [6, 6.07) is 3.09. The van der Waals surface area contributed by atoms with Crippen molar-refractivity contribution >= 4 is 0 Å². The molecule has 0 aliphatic carbocycles. The SMILES string of the molecule is Oc1ccc([C@@H]2CCN2)c(O)c1O. The summed E-state index contributed by atoms with van der Waals surface area (Å²) in [6.45, 7) is 0.922. The second-order valence-electron chi connectivity index (χ2n) is 3.17. The monoisotopic (exact) mass is 181 g/mol. The summed E-state index contributed by atoms with van der Waals surface area (Å²) in [5.41, 5.74) is 0.640. The highest BCUT2D eigenvalue weighted by atomic mass is 16.3. The van der Waals surface area contributed by atoms with Gasteiger partial charge < -0.3 is 20.6 Å². The van der Waals surface area contributed by atoms with Crippen molar-refractivity contribution < 1.29 is 15.3 Å². The van der Waals surface area contributed by atoms with Crippen LogP contribution in [-0.2, 0) is 0 Å². The fraction of sp³-hybridized carbons (Fsp3) is 0.333. The summed E-state index contributed by atoms with van der Waals surface area (Å²) in [4.78, 5) is 0. The van der Waals surface area contributed by atoms with Crippen molar-refractivity contribution in [1.82, 2.24) is 5.32 Å². The Balaban J connectivity index is 2.41. The molecule has 1 atom stereocenters. The van der Waals surface area contributed by atoms with E-state index in [0.717, 1.165) is 13.0 Å². The molecular formula is C9H11NO3. The maximum Gasteiger partial charge on any atom is 0.200 e. The van der Waals surface area contributed by atoms with Gasteiger partial charge in [-0.2, -0.15) is 0 Å². The van der Waals surface area contributed by atoms with Gasteiger partial charge in [0.25, 0.3) is 0 Å². The largest absolute Gasteiger partial charge is 0.504 e. The van der Waals surface area contributed by atoms with Crippen molar-refractivity contribution in [3.8, 4) is 17.2 Å². The molecular weight excluding hydrogens is 170 g/mol. The first-order valence-electron chi connectivity index (χ1n) is 4.17. The van der Waals surface area contributed by atoms with Crippen LogP contribution in [-0.4, -0.2) is 21.9 Å². The molecule has 1 aliphatic heterocycles. The van der Waals surface area contributed by atoms with Gasteiger partial charge in [-0.05, 0) is 25.1 Å². The van der Waals surface area contributed by atoms with Crippen LogP contribution in [0.4, 0.5) is 0 Å². The van der Waals surface area contributed by atoms with E-state index in [4.69, 9.17) is 5.11 Å². The third-order valence-corrected chi connectivity index (χ3v) is 2.36. The zero-order valence-electron chi connectivity index (χ0n) is 6.99. The molecule has 2 rings (SSSR count). The molecule has 1 heterocycles. The zero-order valence-corrected chi connectivity index (χ0v) is 6.99. The second-order valence-corrected chi connectivity index (χ2v) is 3.17. The van der Waals surface area contributed by atoms with Crippen molar-refractivity contribution in [1.29, 1.82) is 0 Å². The Labute approximate surface area is 75.5 Å². The van der Waals surface area contributed by atoms with Gasteiger partial charge in [-0.15, -0.1) is 0 Å². The quantitative estimate of drug-likeness (QED) is 0.484. The molecule has 0 bridgehead atoms. The molecule has 4 heteroatoms. The van der Waals surface area contributed by atoms with Gasteiger partial charge in [0.1, 0.15) is 0 Å². The van der Waals surface area contributed by atoms with Gasteiger partial charge in [0.2, 0.25) is 5.75 Å². The molecule has 1 saturated heterocycles. The van der Waals surface area contributed by atoms with Crippen LogP contribution >= 0.6 is 0 Å². The Bertz CT molecular complexity index is 334. The lowest BCUT2D eigenvalue weighted by atomic mass is 9.96. The number of benzene rings is 1. The number of phenols is 3. The van der Waals surface area contributed by atoms with Crippen molar-refractivity contribution in [2.45, 2.75) is 12.5 Å². The van der Waals surface area contributed by atoms with Crippen LogP contribution < -0.4 is 5.32 Å². The zero-order chi connectivity index (χ0) is 9.42. The number of hydrogen-bond donors (Lipinski definition) is 4. The van der Waals surface area contributed by atoms with E-state index in [-0.39, 0.29) is 17.5 Å². The summed E-state index contributed by atoms with van der Waals surface area (Å²) in [5, 5.41) is 30.9. The maximum absolute atomic E-state index is 9.46. The van der Waals surface area contributed by atoms with Gasteiger partial charge in [-0.1, -0.05) is 0 Å². The van der Waals surface area contributed by atoms with Gasteiger partial charge >= 0.3 is 0 Å². The van der Waals surface area contributed by atoms with E-state index in [1.165, 1.54) is 6.07 Å². The van der Waals surface area contributed by atoms with Crippen LogP contribution in [0, 0.1) is 0 Å². The molecule has 0 radical (unpaired) electrons. The highest BCUT2D eigenvalue weighted by Crippen LogP contribution is 2.41. The van der Waals surface area contributed by atoms with Crippen LogP contribution in [0.1, 0.15) is 18.0 Å².